The molecule has 3 aromatic carbocycles. The molecule has 0 spiro atoms. The molecule has 27 heavy (non-hydrogen) atoms. The highest BCUT2D eigenvalue weighted by atomic mass is 35.5. The zero-order chi connectivity index (χ0) is 19.2. The first-order valence-electron chi connectivity index (χ1n) is 8.17. The maximum atomic E-state index is 12.3. The fraction of sp³-hybridized carbons (Fsp3) is 0.0476. The Hall–Kier alpha value is -3.31. The van der Waals surface area contributed by atoms with Crippen molar-refractivity contribution in [2.75, 3.05) is 17.7 Å². The van der Waals surface area contributed by atoms with Gasteiger partial charge in [-0.2, -0.15) is 0 Å². The van der Waals surface area contributed by atoms with Crippen LogP contribution in [-0.2, 0) is 0 Å². The average Bonchev–Trinajstić information content (AvgIpc) is 2.69. The van der Waals surface area contributed by atoms with E-state index in [4.69, 9.17) is 16.3 Å². The van der Waals surface area contributed by atoms with Gasteiger partial charge in [0.05, 0.1) is 7.11 Å². The second kappa shape index (κ2) is 8.38. The number of hydrogen-bond acceptors (Lipinski definition) is 3. The molecule has 0 saturated heterocycles. The Morgan fingerprint density at radius 2 is 1.30 bits per heavy atom. The lowest BCUT2D eigenvalue weighted by Crippen LogP contribution is -2.13. The summed E-state index contributed by atoms with van der Waals surface area (Å²) in [6.07, 6.45) is 0. The molecule has 5 nitrogen and oxygen atoms in total. The first-order valence-corrected chi connectivity index (χ1v) is 8.55. The second-order valence-corrected chi connectivity index (χ2v) is 6.16. The largest absolute Gasteiger partial charge is 0.497 e. The van der Waals surface area contributed by atoms with Crippen molar-refractivity contribution >= 4 is 34.8 Å². The Kier molecular flexibility index (Phi) is 5.74. The molecule has 0 fully saturated rings. The van der Waals surface area contributed by atoms with Crippen LogP contribution in [-0.4, -0.2) is 18.9 Å². The van der Waals surface area contributed by atoms with Crippen molar-refractivity contribution in [1.29, 1.82) is 0 Å². The highest BCUT2D eigenvalue weighted by molar-refractivity contribution is 6.31. The normalized spacial score (nSPS) is 10.1. The van der Waals surface area contributed by atoms with Gasteiger partial charge in [-0.25, -0.2) is 0 Å². The van der Waals surface area contributed by atoms with Crippen LogP contribution in [0.1, 0.15) is 20.7 Å². The molecule has 3 rings (SSSR count). The van der Waals surface area contributed by atoms with E-state index in [0.717, 1.165) is 0 Å². The lowest BCUT2D eigenvalue weighted by molar-refractivity contribution is 0.101. The van der Waals surface area contributed by atoms with Crippen molar-refractivity contribution in [2.45, 2.75) is 0 Å². The Morgan fingerprint density at radius 1 is 0.778 bits per heavy atom. The predicted molar refractivity (Wildman–Crippen MR) is 107 cm³/mol. The minimum atomic E-state index is -0.259. The number of anilines is 2. The molecule has 0 aliphatic carbocycles. The Labute approximate surface area is 161 Å². The van der Waals surface area contributed by atoms with E-state index in [1.165, 1.54) is 0 Å². The molecule has 0 aliphatic rings. The SMILES string of the molecule is COc1cccc(C(=O)Nc2ccc(NC(=O)c3cccc(Cl)c3)cc2)c1. The van der Waals surface area contributed by atoms with E-state index in [-0.39, 0.29) is 11.8 Å². The summed E-state index contributed by atoms with van der Waals surface area (Å²) in [5.74, 6) is 0.108. The molecule has 6 heteroatoms. The number of carbonyl (C=O) groups is 2. The summed E-state index contributed by atoms with van der Waals surface area (Å²) in [6.45, 7) is 0. The van der Waals surface area contributed by atoms with E-state index in [1.54, 1.807) is 79.9 Å². The number of amides is 2. The van der Waals surface area contributed by atoms with E-state index in [2.05, 4.69) is 10.6 Å². The van der Waals surface area contributed by atoms with Crippen LogP contribution in [0.2, 0.25) is 5.02 Å². The summed E-state index contributed by atoms with van der Waals surface area (Å²) in [5.41, 5.74) is 2.19. The van der Waals surface area contributed by atoms with Gasteiger partial charge in [0, 0.05) is 27.5 Å². The summed E-state index contributed by atoms with van der Waals surface area (Å²) >= 11 is 5.90. The average molecular weight is 381 g/mol. The Bertz CT molecular complexity index is 971. The quantitative estimate of drug-likeness (QED) is 0.664. The van der Waals surface area contributed by atoms with E-state index in [9.17, 15) is 9.59 Å². The number of ether oxygens (including phenoxy) is 1. The van der Waals surface area contributed by atoms with Gasteiger partial charge >= 0.3 is 0 Å². The fourth-order valence-corrected chi connectivity index (χ4v) is 2.63. The summed E-state index contributed by atoms with van der Waals surface area (Å²) in [4.78, 5) is 24.5. The molecule has 0 unspecified atom stereocenters. The van der Waals surface area contributed by atoms with Gasteiger partial charge < -0.3 is 15.4 Å². The van der Waals surface area contributed by atoms with E-state index >= 15 is 0 Å². The number of halogens is 1. The lowest BCUT2D eigenvalue weighted by atomic mass is 10.2. The van der Waals surface area contributed by atoms with Crippen LogP contribution in [0.4, 0.5) is 11.4 Å². The minimum absolute atomic E-state index is 0.246. The molecule has 0 bridgehead atoms. The van der Waals surface area contributed by atoms with Crippen molar-refractivity contribution in [3.8, 4) is 5.75 Å². The number of methoxy groups -OCH3 is 1. The van der Waals surface area contributed by atoms with Gasteiger partial charge in [-0.1, -0.05) is 23.7 Å². The highest BCUT2D eigenvalue weighted by Crippen LogP contribution is 2.18. The van der Waals surface area contributed by atoms with Crippen molar-refractivity contribution in [1.82, 2.24) is 0 Å². The highest BCUT2D eigenvalue weighted by Gasteiger charge is 2.09. The molecule has 0 saturated carbocycles. The van der Waals surface area contributed by atoms with Gasteiger partial charge in [0.1, 0.15) is 5.75 Å². The van der Waals surface area contributed by atoms with Crippen LogP contribution < -0.4 is 15.4 Å². The third-order valence-electron chi connectivity index (χ3n) is 3.82. The monoisotopic (exact) mass is 380 g/mol. The topological polar surface area (TPSA) is 67.4 Å². The zero-order valence-electron chi connectivity index (χ0n) is 14.5. The van der Waals surface area contributed by atoms with Gasteiger partial charge in [-0.15, -0.1) is 0 Å². The second-order valence-electron chi connectivity index (χ2n) is 5.73. The van der Waals surface area contributed by atoms with Crippen LogP contribution in [0, 0.1) is 0 Å². The van der Waals surface area contributed by atoms with Crippen LogP contribution in [0.3, 0.4) is 0 Å². The van der Waals surface area contributed by atoms with Crippen LogP contribution in [0.15, 0.2) is 72.8 Å². The van der Waals surface area contributed by atoms with Gasteiger partial charge in [-0.3, -0.25) is 9.59 Å². The van der Waals surface area contributed by atoms with E-state index < -0.39 is 0 Å². The maximum Gasteiger partial charge on any atom is 0.255 e. The smallest absolute Gasteiger partial charge is 0.255 e. The molecule has 2 amide bonds. The molecule has 0 aliphatic heterocycles. The molecule has 0 aromatic heterocycles. The Morgan fingerprint density at radius 3 is 1.81 bits per heavy atom. The summed E-state index contributed by atoms with van der Waals surface area (Å²) < 4.78 is 5.12. The summed E-state index contributed by atoms with van der Waals surface area (Å²) in [7, 11) is 1.55. The first kappa shape index (κ1) is 18.5. The third-order valence-corrected chi connectivity index (χ3v) is 4.05. The number of carbonyl (C=O) groups excluding carboxylic acids is 2. The molecule has 3 aromatic rings. The Balaban J connectivity index is 1.64. The van der Waals surface area contributed by atoms with Crippen molar-refractivity contribution in [3.63, 3.8) is 0 Å². The van der Waals surface area contributed by atoms with Gasteiger partial charge in [0.15, 0.2) is 0 Å². The zero-order valence-corrected chi connectivity index (χ0v) is 15.3. The summed E-state index contributed by atoms with van der Waals surface area (Å²) in [5, 5.41) is 6.09. The third kappa shape index (κ3) is 4.86. The molecule has 0 radical (unpaired) electrons. The fourth-order valence-electron chi connectivity index (χ4n) is 2.44. The number of nitrogens with one attached hydrogen (secondary N) is 2. The molecule has 0 atom stereocenters. The minimum Gasteiger partial charge on any atom is -0.497 e. The van der Waals surface area contributed by atoms with E-state index in [1.807, 2.05) is 0 Å². The molecular formula is C21H17ClN2O3. The lowest BCUT2D eigenvalue weighted by Gasteiger charge is -2.09. The number of benzene rings is 3. The summed E-state index contributed by atoms with van der Waals surface area (Å²) in [6, 6.07) is 20.4. The predicted octanol–water partition coefficient (Wildman–Crippen LogP) is 4.85. The van der Waals surface area contributed by atoms with Crippen molar-refractivity contribution in [3.05, 3.63) is 88.9 Å². The van der Waals surface area contributed by atoms with Crippen molar-refractivity contribution in [2.24, 2.45) is 0 Å². The molecule has 2 N–H and O–H groups in total. The van der Waals surface area contributed by atoms with Crippen LogP contribution >= 0.6 is 11.6 Å². The standard InChI is InChI=1S/C21H17ClN2O3/c1-27-19-7-3-5-15(13-19)21(26)24-18-10-8-17(9-11-18)23-20(25)14-4-2-6-16(22)12-14/h2-13H,1H3,(H,23,25)(H,24,26). The molecule has 136 valence electrons. The van der Waals surface area contributed by atoms with Gasteiger partial charge in [-0.05, 0) is 60.7 Å². The maximum absolute atomic E-state index is 12.3. The first-order chi connectivity index (χ1) is 13.0. The van der Waals surface area contributed by atoms with Crippen LogP contribution in [0.5, 0.6) is 5.75 Å². The van der Waals surface area contributed by atoms with Crippen LogP contribution in [0.25, 0.3) is 0 Å². The van der Waals surface area contributed by atoms with Gasteiger partial charge in [0.2, 0.25) is 0 Å². The van der Waals surface area contributed by atoms with Gasteiger partial charge in [0.25, 0.3) is 11.8 Å². The van der Waals surface area contributed by atoms with E-state index in [0.29, 0.717) is 33.3 Å². The molecular weight excluding hydrogens is 364 g/mol. The number of hydrogen-bond donors (Lipinski definition) is 2. The van der Waals surface area contributed by atoms with Crippen molar-refractivity contribution < 1.29 is 14.3 Å². The molecule has 0 heterocycles. The number of rotatable bonds is 5.